The largest absolute Gasteiger partial charge is 0.398 e. The van der Waals surface area contributed by atoms with Gasteiger partial charge in [0.05, 0.1) is 5.70 Å². The zero-order valence-corrected chi connectivity index (χ0v) is 4.13. The number of allylic oxidation sites excluding steroid dienone is 1. The molecule has 0 saturated carbocycles. The zero-order chi connectivity index (χ0) is 5.86. The first-order valence-corrected chi connectivity index (χ1v) is 1.96. The van der Waals surface area contributed by atoms with Gasteiger partial charge in [0.25, 0.3) is 0 Å². The molecule has 0 radical (unpaired) electrons. The normalized spacial score (nSPS) is 12.9. The average Bonchev–Trinajstić information content (AvgIpc) is 1.65. The monoisotopic (exact) mass is 103 g/mol. The molecule has 0 rings (SSSR count). The molecule has 42 valence electrons. The molecule has 0 aliphatic rings. The molecule has 7 heavy (non-hydrogen) atoms. The fraction of sp³-hybridized carbons (Fsp3) is 0.500. The van der Waals surface area contributed by atoms with Gasteiger partial charge in [-0.15, -0.1) is 0 Å². The highest BCUT2D eigenvalue weighted by molar-refractivity contribution is 4.95. The maximum Gasteiger partial charge on any atom is 0.192 e. The molecule has 0 saturated heterocycles. The van der Waals surface area contributed by atoms with Gasteiger partial charge in [0.1, 0.15) is 0 Å². The highest BCUT2D eigenvalue weighted by atomic mass is 16.5. The lowest BCUT2D eigenvalue weighted by atomic mass is 10.4. The van der Waals surface area contributed by atoms with Crippen LogP contribution in [0.4, 0.5) is 0 Å². The summed E-state index contributed by atoms with van der Waals surface area (Å²) in [6, 6.07) is 0. The van der Waals surface area contributed by atoms with Crippen LogP contribution in [0.3, 0.4) is 0 Å². The molecule has 0 aromatic rings. The standard InChI is InChI=1S/C4H9NO2/c1-2-3(5)4(6)7/h2,4,6-7H,5H2,1H3. The summed E-state index contributed by atoms with van der Waals surface area (Å²) in [6.07, 6.45) is -0.0602. The molecule has 0 unspecified atom stereocenters. The van der Waals surface area contributed by atoms with Crippen LogP contribution in [-0.2, 0) is 0 Å². The maximum atomic E-state index is 8.18. The van der Waals surface area contributed by atoms with Crippen LogP contribution in [0.5, 0.6) is 0 Å². The van der Waals surface area contributed by atoms with E-state index in [4.69, 9.17) is 15.9 Å². The fourth-order valence-corrected chi connectivity index (χ4v) is 0.149. The first kappa shape index (κ1) is 6.46. The molecule has 0 aromatic heterocycles. The Morgan fingerprint density at radius 3 is 2.14 bits per heavy atom. The van der Waals surface area contributed by atoms with Crippen molar-refractivity contribution >= 4 is 0 Å². The van der Waals surface area contributed by atoms with Crippen molar-refractivity contribution in [2.24, 2.45) is 5.73 Å². The Labute approximate surface area is 42.1 Å². The Morgan fingerprint density at radius 2 is 2.14 bits per heavy atom. The van der Waals surface area contributed by atoms with Gasteiger partial charge in [-0.25, -0.2) is 0 Å². The highest BCUT2D eigenvalue weighted by Gasteiger charge is 1.95. The summed E-state index contributed by atoms with van der Waals surface area (Å²) >= 11 is 0. The van der Waals surface area contributed by atoms with Crippen LogP contribution >= 0.6 is 0 Å². The summed E-state index contributed by atoms with van der Waals surface area (Å²) in [6.45, 7) is 1.63. The van der Waals surface area contributed by atoms with E-state index in [1.807, 2.05) is 0 Å². The third kappa shape index (κ3) is 2.19. The summed E-state index contributed by atoms with van der Waals surface area (Å²) in [7, 11) is 0. The van der Waals surface area contributed by atoms with Crippen LogP contribution in [-0.4, -0.2) is 16.5 Å². The van der Waals surface area contributed by atoms with E-state index in [1.165, 1.54) is 6.08 Å². The molecule has 0 bridgehead atoms. The van der Waals surface area contributed by atoms with Gasteiger partial charge in [0.15, 0.2) is 6.29 Å². The van der Waals surface area contributed by atoms with Crippen molar-refractivity contribution in [2.45, 2.75) is 13.2 Å². The quantitative estimate of drug-likeness (QED) is 0.379. The van der Waals surface area contributed by atoms with Crippen LogP contribution in [0.2, 0.25) is 0 Å². The van der Waals surface area contributed by atoms with E-state index in [0.717, 1.165) is 0 Å². The van der Waals surface area contributed by atoms with Crippen molar-refractivity contribution in [2.75, 3.05) is 0 Å². The van der Waals surface area contributed by atoms with Crippen molar-refractivity contribution in [3.8, 4) is 0 Å². The van der Waals surface area contributed by atoms with Gasteiger partial charge in [0, 0.05) is 0 Å². The summed E-state index contributed by atoms with van der Waals surface area (Å²) in [5, 5.41) is 16.4. The molecular formula is C4H9NO2. The van der Waals surface area contributed by atoms with Gasteiger partial charge in [-0.3, -0.25) is 0 Å². The Kier molecular flexibility index (Phi) is 2.40. The number of hydrogen-bond donors (Lipinski definition) is 3. The van der Waals surface area contributed by atoms with Gasteiger partial charge < -0.3 is 15.9 Å². The number of aliphatic hydroxyl groups excluding tert-OH is 1. The highest BCUT2D eigenvalue weighted by Crippen LogP contribution is 1.85. The van der Waals surface area contributed by atoms with Crippen LogP contribution in [0.1, 0.15) is 6.92 Å². The van der Waals surface area contributed by atoms with Crippen molar-refractivity contribution < 1.29 is 10.2 Å². The summed E-state index contributed by atoms with van der Waals surface area (Å²) < 4.78 is 0. The fourth-order valence-electron chi connectivity index (χ4n) is 0.149. The summed E-state index contributed by atoms with van der Waals surface area (Å²) in [5.74, 6) is 0. The molecule has 0 heterocycles. The minimum absolute atomic E-state index is 0.0833. The Morgan fingerprint density at radius 1 is 1.71 bits per heavy atom. The van der Waals surface area contributed by atoms with Crippen molar-refractivity contribution in [3.63, 3.8) is 0 Å². The van der Waals surface area contributed by atoms with Gasteiger partial charge in [-0.1, -0.05) is 6.08 Å². The van der Waals surface area contributed by atoms with E-state index in [0.29, 0.717) is 0 Å². The molecule has 0 aliphatic heterocycles. The summed E-state index contributed by atoms with van der Waals surface area (Å²) in [4.78, 5) is 0. The van der Waals surface area contributed by atoms with Crippen LogP contribution in [0.15, 0.2) is 11.8 Å². The minimum Gasteiger partial charge on any atom is -0.398 e. The molecule has 4 N–H and O–H groups in total. The maximum absolute atomic E-state index is 8.18. The SMILES string of the molecule is CC=C(N)C(O)O. The molecule has 3 nitrogen and oxygen atoms in total. The Bertz CT molecular complexity index is 77.8. The lowest BCUT2D eigenvalue weighted by Crippen LogP contribution is -2.15. The third-order valence-electron chi connectivity index (χ3n) is 0.631. The zero-order valence-electron chi connectivity index (χ0n) is 4.13. The molecule has 0 spiro atoms. The van der Waals surface area contributed by atoms with Crippen molar-refractivity contribution in [3.05, 3.63) is 11.8 Å². The van der Waals surface area contributed by atoms with Crippen molar-refractivity contribution in [1.82, 2.24) is 0 Å². The Hall–Kier alpha value is -0.540. The second-order valence-electron chi connectivity index (χ2n) is 1.16. The minimum atomic E-state index is -1.50. The second-order valence-corrected chi connectivity index (χ2v) is 1.16. The molecule has 0 aromatic carbocycles. The lowest BCUT2D eigenvalue weighted by molar-refractivity contribution is -0.00895. The number of rotatable bonds is 1. The average molecular weight is 103 g/mol. The van der Waals surface area contributed by atoms with Gasteiger partial charge in [-0.05, 0) is 6.92 Å². The smallest absolute Gasteiger partial charge is 0.192 e. The molecule has 0 aliphatic carbocycles. The van der Waals surface area contributed by atoms with Crippen LogP contribution < -0.4 is 5.73 Å². The van der Waals surface area contributed by atoms with E-state index in [2.05, 4.69) is 0 Å². The first-order chi connectivity index (χ1) is 3.18. The number of hydrogen-bond acceptors (Lipinski definition) is 3. The molecule has 0 fully saturated rings. The molecule has 3 heteroatoms. The van der Waals surface area contributed by atoms with E-state index in [-0.39, 0.29) is 5.70 Å². The predicted molar refractivity (Wildman–Crippen MR) is 26.2 cm³/mol. The Balaban J connectivity index is 3.56. The van der Waals surface area contributed by atoms with Crippen LogP contribution in [0, 0.1) is 0 Å². The van der Waals surface area contributed by atoms with Crippen molar-refractivity contribution in [1.29, 1.82) is 0 Å². The molecule has 0 amide bonds. The van der Waals surface area contributed by atoms with E-state index < -0.39 is 6.29 Å². The van der Waals surface area contributed by atoms with E-state index in [9.17, 15) is 0 Å². The van der Waals surface area contributed by atoms with Gasteiger partial charge in [-0.2, -0.15) is 0 Å². The topological polar surface area (TPSA) is 66.5 Å². The lowest BCUT2D eigenvalue weighted by Gasteiger charge is -1.98. The number of aliphatic hydroxyl groups is 2. The summed E-state index contributed by atoms with van der Waals surface area (Å²) in [5.41, 5.74) is 5.06. The van der Waals surface area contributed by atoms with Gasteiger partial charge in [0.2, 0.25) is 0 Å². The van der Waals surface area contributed by atoms with E-state index in [1.54, 1.807) is 6.92 Å². The number of nitrogens with two attached hydrogens (primary N) is 1. The predicted octanol–water partition coefficient (Wildman–Crippen LogP) is -0.840. The van der Waals surface area contributed by atoms with Gasteiger partial charge >= 0.3 is 0 Å². The third-order valence-corrected chi connectivity index (χ3v) is 0.631. The first-order valence-electron chi connectivity index (χ1n) is 1.96. The second kappa shape index (κ2) is 2.60. The van der Waals surface area contributed by atoms with E-state index >= 15 is 0 Å². The van der Waals surface area contributed by atoms with Crippen LogP contribution in [0.25, 0.3) is 0 Å². The molecular weight excluding hydrogens is 94.0 g/mol. The molecule has 0 atom stereocenters.